The molecule has 0 saturated carbocycles. The van der Waals surface area contributed by atoms with Crippen molar-refractivity contribution in [3.05, 3.63) is 36.2 Å². The van der Waals surface area contributed by atoms with Crippen LogP contribution in [0.25, 0.3) is 0 Å². The summed E-state index contributed by atoms with van der Waals surface area (Å²) in [5, 5.41) is 7.34. The highest BCUT2D eigenvalue weighted by molar-refractivity contribution is 7.91. The number of sulfone groups is 1. The molecule has 0 spiro atoms. The number of hydrogen-bond donors (Lipinski definition) is 1. The number of nitrogens with zero attached hydrogens (tertiary/aromatic N) is 5. The zero-order valence-corrected chi connectivity index (χ0v) is 17.3. The first-order valence-electron chi connectivity index (χ1n) is 9.84. The van der Waals surface area contributed by atoms with Crippen molar-refractivity contribution < 1.29 is 13.2 Å². The van der Waals surface area contributed by atoms with E-state index in [2.05, 4.69) is 25.2 Å². The van der Waals surface area contributed by atoms with E-state index in [9.17, 15) is 13.2 Å². The van der Waals surface area contributed by atoms with E-state index in [1.54, 1.807) is 16.9 Å². The maximum absolute atomic E-state index is 12.6. The molecule has 1 unspecified atom stereocenters. The first kappa shape index (κ1) is 19.8. The average Bonchev–Trinajstić information content (AvgIpc) is 3.24. The van der Waals surface area contributed by atoms with Crippen LogP contribution in [0.4, 0.5) is 11.6 Å². The van der Waals surface area contributed by atoms with E-state index in [0.717, 1.165) is 37.7 Å². The van der Waals surface area contributed by atoms with Crippen LogP contribution >= 0.6 is 0 Å². The smallest absolute Gasteiger partial charge is 0.239 e. The molecule has 2 aliphatic rings. The van der Waals surface area contributed by atoms with Gasteiger partial charge in [-0.2, -0.15) is 5.10 Å². The molecule has 4 rings (SSSR count). The number of rotatable bonds is 5. The molecule has 4 heterocycles. The fourth-order valence-electron chi connectivity index (χ4n) is 3.92. The molecule has 10 heteroatoms. The third-order valence-corrected chi connectivity index (χ3v) is 7.14. The average molecular weight is 419 g/mol. The highest BCUT2D eigenvalue weighted by Crippen LogP contribution is 2.27. The Labute approximate surface area is 170 Å². The minimum absolute atomic E-state index is 0.0759. The number of pyridine rings is 1. The molecule has 2 saturated heterocycles. The predicted octanol–water partition coefficient (Wildman–Crippen LogP) is 0.707. The van der Waals surface area contributed by atoms with Crippen LogP contribution in [0.1, 0.15) is 18.2 Å². The summed E-state index contributed by atoms with van der Waals surface area (Å²) in [6, 6.07) is 7.45. The molecule has 29 heavy (non-hydrogen) atoms. The molecular formula is C19H26N6O3S. The minimum Gasteiger partial charge on any atom is -0.354 e. The number of carbonyl (C=O) groups is 1. The summed E-state index contributed by atoms with van der Waals surface area (Å²) < 4.78 is 25.3. The number of aromatic nitrogens is 3. The standard InChI is InChI=1S/C19H26N6O3S/c1-15-12-18(25(22-15)16-5-11-29(27,28)14-16)21-19(26)13-23-7-9-24(10-8-23)17-4-2-3-6-20-17/h2-4,6,12,16H,5,7-11,13-14H2,1H3,(H,21,26). The number of piperazine rings is 1. The fourth-order valence-corrected chi connectivity index (χ4v) is 5.61. The molecule has 2 fully saturated rings. The Morgan fingerprint density at radius 3 is 2.69 bits per heavy atom. The second-order valence-electron chi connectivity index (χ2n) is 7.67. The summed E-state index contributed by atoms with van der Waals surface area (Å²) in [4.78, 5) is 21.3. The van der Waals surface area contributed by atoms with Crippen LogP contribution in [0.3, 0.4) is 0 Å². The Morgan fingerprint density at radius 1 is 1.24 bits per heavy atom. The summed E-state index contributed by atoms with van der Waals surface area (Å²) in [7, 11) is -3.02. The molecule has 0 aromatic carbocycles. The molecule has 2 aliphatic heterocycles. The lowest BCUT2D eigenvalue weighted by Gasteiger charge is -2.34. The monoisotopic (exact) mass is 418 g/mol. The molecule has 0 bridgehead atoms. The van der Waals surface area contributed by atoms with Crippen molar-refractivity contribution in [2.45, 2.75) is 19.4 Å². The minimum atomic E-state index is -3.02. The van der Waals surface area contributed by atoms with Gasteiger partial charge in [0.1, 0.15) is 11.6 Å². The largest absolute Gasteiger partial charge is 0.354 e. The molecule has 2 aromatic heterocycles. The van der Waals surface area contributed by atoms with Crippen molar-refractivity contribution in [3.63, 3.8) is 0 Å². The molecule has 156 valence electrons. The Hall–Kier alpha value is -2.46. The molecule has 0 radical (unpaired) electrons. The van der Waals surface area contributed by atoms with Crippen LogP contribution in [-0.4, -0.2) is 78.2 Å². The van der Waals surface area contributed by atoms with Gasteiger partial charge in [-0.05, 0) is 25.5 Å². The van der Waals surface area contributed by atoms with Crippen LogP contribution < -0.4 is 10.2 Å². The van der Waals surface area contributed by atoms with Crippen LogP contribution in [-0.2, 0) is 14.6 Å². The summed E-state index contributed by atoms with van der Waals surface area (Å²) in [6.45, 7) is 5.34. The SMILES string of the molecule is Cc1cc(NC(=O)CN2CCN(c3ccccn3)CC2)n(C2CCS(=O)(=O)C2)n1. The summed E-state index contributed by atoms with van der Waals surface area (Å²) in [5.74, 6) is 1.67. The van der Waals surface area contributed by atoms with E-state index < -0.39 is 9.84 Å². The van der Waals surface area contributed by atoms with Gasteiger partial charge in [0.25, 0.3) is 0 Å². The Morgan fingerprint density at radius 2 is 2.03 bits per heavy atom. The molecule has 2 aromatic rings. The van der Waals surface area contributed by atoms with E-state index in [0.29, 0.717) is 18.8 Å². The third kappa shape index (κ3) is 4.76. The van der Waals surface area contributed by atoms with Gasteiger partial charge < -0.3 is 10.2 Å². The lowest BCUT2D eigenvalue weighted by Crippen LogP contribution is -2.49. The number of anilines is 2. The van der Waals surface area contributed by atoms with Crippen LogP contribution in [0.15, 0.2) is 30.5 Å². The second-order valence-corrected chi connectivity index (χ2v) is 9.90. The van der Waals surface area contributed by atoms with Gasteiger partial charge >= 0.3 is 0 Å². The zero-order valence-electron chi connectivity index (χ0n) is 16.5. The van der Waals surface area contributed by atoms with Crippen molar-refractivity contribution >= 4 is 27.4 Å². The Bertz CT molecular complexity index is 967. The molecule has 1 N–H and O–H groups in total. The van der Waals surface area contributed by atoms with E-state index >= 15 is 0 Å². The highest BCUT2D eigenvalue weighted by atomic mass is 32.2. The van der Waals surface area contributed by atoms with Crippen molar-refractivity contribution in [3.8, 4) is 0 Å². The lowest BCUT2D eigenvalue weighted by molar-refractivity contribution is -0.117. The van der Waals surface area contributed by atoms with Crippen molar-refractivity contribution in [1.29, 1.82) is 0 Å². The van der Waals surface area contributed by atoms with Crippen molar-refractivity contribution in [2.75, 3.05) is 54.4 Å². The second kappa shape index (κ2) is 8.11. The number of amides is 1. The summed E-state index contributed by atoms with van der Waals surface area (Å²) >= 11 is 0. The number of hydrogen-bond acceptors (Lipinski definition) is 7. The van der Waals surface area contributed by atoms with Crippen LogP contribution in [0.5, 0.6) is 0 Å². The fraction of sp³-hybridized carbons (Fsp3) is 0.526. The first-order valence-corrected chi connectivity index (χ1v) is 11.7. The van der Waals surface area contributed by atoms with Gasteiger partial charge in [0.15, 0.2) is 9.84 Å². The summed E-state index contributed by atoms with van der Waals surface area (Å²) in [6.07, 6.45) is 2.32. The van der Waals surface area contributed by atoms with E-state index in [4.69, 9.17) is 0 Å². The van der Waals surface area contributed by atoms with Gasteiger partial charge in [-0.3, -0.25) is 9.69 Å². The topological polar surface area (TPSA) is 100 Å². The summed E-state index contributed by atoms with van der Waals surface area (Å²) in [5.41, 5.74) is 0.758. The zero-order chi connectivity index (χ0) is 20.4. The quantitative estimate of drug-likeness (QED) is 0.763. The lowest BCUT2D eigenvalue weighted by atomic mass is 10.2. The van der Waals surface area contributed by atoms with Gasteiger partial charge in [-0.25, -0.2) is 18.1 Å². The maximum Gasteiger partial charge on any atom is 0.239 e. The molecule has 0 aliphatic carbocycles. The van der Waals surface area contributed by atoms with E-state index in [1.807, 2.05) is 25.1 Å². The number of nitrogens with one attached hydrogen (secondary N) is 1. The van der Waals surface area contributed by atoms with Gasteiger partial charge in [-0.15, -0.1) is 0 Å². The number of aryl methyl sites for hydroxylation is 1. The molecule has 1 amide bonds. The molecular weight excluding hydrogens is 392 g/mol. The Kier molecular flexibility index (Phi) is 5.55. The Balaban J connectivity index is 1.33. The molecule has 9 nitrogen and oxygen atoms in total. The third-order valence-electron chi connectivity index (χ3n) is 5.39. The van der Waals surface area contributed by atoms with Crippen LogP contribution in [0, 0.1) is 6.92 Å². The van der Waals surface area contributed by atoms with Gasteiger partial charge in [0.2, 0.25) is 5.91 Å². The maximum atomic E-state index is 12.6. The van der Waals surface area contributed by atoms with Gasteiger partial charge in [0, 0.05) is 38.4 Å². The highest BCUT2D eigenvalue weighted by Gasteiger charge is 2.31. The van der Waals surface area contributed by atoms with Gasteiger partial charge in [0.05, 0.1) is 29.8 Å². The van der Waals surface area contributed by atoms with E-state index in [1.165, 1.54) is 0 Å². The van der Waals surface area contributed by atoms with Crippen molar-refractivity contribution in [2.24, 2.45) is 0 Å². The number of carbonyl (C=O) groups excluding carboxylic acids is 1. The van der Waals surface area contributed by atoms with Crippen molar-refractivity contribution in [1.82, 2.24) is 19.7 Å². The first-order chi connectivity index (χ1) is 13.9. The van der Waals surface area contributed by atoms with Crippen LogP contribution in [0.2, 0.25) is 0 Å². The van der Waals surface area contributed by atoms with E-state index in [-0.39, 0.29) is 23.5 Å². The van der Waals surface area contributed by atoms with Gasteiger partial charge in [-0.1, -0.05) is 6.07 Å². The predicted molar refractivity (Wildman–Crippen MR) is 111 cm³/mol. The normalized spacial score (nSPS) is 22.0. The molecule has 1 atom stereocenters.